The highest BCUT2D eigenvalue weighted by atomic mass is 32.2. The Morgan fingerprint density at radius 1 is 1.00 bits per heavy atom. The van der Waals surface area contributed by atoms with Gasteiger partial charge in [0.05, 0.1) is 10.8 Å². The monoisotopic (exact) mass is 325 g/mol. The maximum atomic E-state index is 13.1. The second-order valence-corrected chi connectivity index (χ2v) is 8.98. The molecule has 0 radical (unpaired) electrons. The lowest BCUT2D eigenvalue weighted by molar-refractivity contribution is 0.578. The highest BCUT2D eigenvalue weighted by Gasteiger charge is 2.67. The van der Waals surface area contributed by atoms with Crippen molar-refractivity contribution in [2.24, 2.45) is 0 Å². The van der Waals surface area contributed by atoms with Crippen LogP contribution in [0.4, 0.5) is 0 Å². The normalized spacial score (nSPS) is 24.0. The third kappa shape index (κ3) is 2.48. The Hall–Kier alpha value is -1.71. The summed E-state index contributed by atoms with van der Waals surface area (Å²) in [5.74, 6) is 0. The number of rotatable bonds is 4. The molecule has 0 aliphatic carbocycles. The summed E-state index contributed by atoms with van der Waals surface area (Å²) in [6.45, 7) is 10.1. The van der Waals surface area contributed by atoms with Gasteiger partial charge in [0, 0.05) is 0 Å². The maximum Gasteiger partial charge on any atom is 0.104 e. The van der Waals surface area contributed by atoms with E-state index in [2.05, 4.69) is 35.1 Å². The van der Waals surface area contributed by atoms with Gasteiger partial charge in [-0.2, -0.15) is 4.31 Å². The van der Waals surface area contributed by atoms with E-state index in [0.29, 0.717) is 0 Å². The summed E-state index contributed by atoms with van der Waals surface area (Å²) in [6, 6.07) is 20.7. The Labute approximate surface area is 141 Å². The van der Waals surface area contributed by atoms with Gasteiger partial charge in [0.25, 0.3) is 0 Å². The quantitative estimate of drug-likeness (QED) is 0.607. The predicted octanol–water partition coefficient (Wildman–Crippen LogP) is 4.26. The molecular formula is C20H23NOS. The molecule has 0 spiro atoms. The zero-order chi connectivity index (χ0) is 16.7. The molecule has 0 bridgehead atoms. The molecule has 2 aromatic carbocycles. The van der Waals surface area contributed by atoms with Crippen LogP contribution < -0.4 is 0 Å². The third-order valence-corrected chi connectivity index (χ3v) is 6.23. The largest absolute Gasteiger partial charge is 0.242 e. The molecule has 2 nitrogen and oxygen atoms in total. The molecule has 2 unspecified atom stereocenters. The highest BCUT2D eigenvalue weighted by molar-refractivity contribution is 7.84. The van der Waals surface area contributed by atoms with Gasteiger partial charge >= 0.3 is 0 Å². The smallest absolute Gasteiger partial charge is 0.104 e. The van der Waals surface area contributed by atoms with Crippen molar-refractivity contribution in [3.63, 3.8) is 0 Å². The summed E-state index contributed by atoms with van der Waals surface area (Å²) in [7, 11) is -1.12. The van der Waals surface area contributed by atoms with Crippen molar-refractivity contribution >= 4 is 11.0 Å². The zero-order valence-corrected chi connectivity index (χ0v) is 14.7. The van der Waals surface area contributed by atoms with Gasteiger partial charge in [-0.1, -0.05) is 66.7 Å². The van der Waals surface area contributed by atoms with Crippen LogP contribution in [0.2, 0.25) is 0 Å². The van der Waals surface area contributed by atoms with Crippen LogP contribution in [0, 0.1) is 0 Å². The van der Waals surface area contributed by atoms with Gasteiger partial charge in [-0.25, -0.2) is 4.21 Å². The van der Waals surface area contributed by atoms with Crippen molar-refractivity contribution in [2.75, 3.05) is 0 Å². The SMILES string of the molecule is C=C[C@@H]1N(S(=O)C(C)(C)C)C1(c1ccccc1)c1ccccc1. The minimum absolute atomic E-state index is 0.0346. The van der Waals surface area contributed by atoms with Gasteiger partial charge in [-0.3, -0.25) is 0 Å². The van der Waals surface area contributed by atoms with E-state index in [4.69, 9.17) is 0 Å². The summed E-state index contributed by atoms with van der Waals surface area (Å²) in [6.07, 6.45) is 1.92. The number of benzene rings is 2. The topological polar surface area (TPSA) is 20.1 Å². The molecule has 120 valence electrons. The van der Waals surface area contributed by atoms with Crippen LogP contribution in [0.15, 0.2) is 73.3 Å². The number of hydrogen-bond acceptors (Lipinski definition) is 1. The molecule has 1 saturated heterocycles. The van der Waals surface area contributed by atoms with Gasteiger partial charge in [0.15, 0.2) is 0 Å². The Morgan fingerprint density at radius 2 is 1.43 bits per heavy atom. The average molecular weight is 325 g/mol. The zero-order valence-electron chi connectivity index (χ0n) is 13.9. The summed E-state index contributed by atoms with van der Waals surface area (Å²) in [5, 5.41) is 0. The van der Waals surface area contributed by atoms with Gasteiger partial charge in [0.2, 0.25) is 0 Å². The average Bonchev–Trinajstić information content (AvgIpc) is 3.24. The van der Waals surface area contributed by atoms with E-state index in [1.165, 1.54) is 0 Å². The first-order chi connectivity index (χ1) is 10.9. The molecule has 0 N–H and O–H groups in total. The first-order valence-corrected chi connectivity index (χ1v) is 8.99. The summed E-state index contributed by atoms with van der Waals surface area (Å²) < 4.78 is 14.9. The van der Waals surface area contributed by atoms with Crippen molar-refractivity contribution in [1.29, 1.82) is 0 Å². The van der Waals surface area contributed by atoms with Gasteiger partial charge < -0.3 is 0 Å². The molecule has 1 heterocycles. The van der Waals surface area contributed by atoms with E-state index >= 15 is 0 Å². The molecule has 1 aliphatic heterocycles. The van der Waals surface area contributed by atoms with Crippen LogP contribution in [-0.2, 0) is 16.5 Å². The van der Waals surface area contributed by atoms with Crippen molar-refractivity contribution < 1.29 is 4.21 Å². The summed E-state index contributed by atoms with van der Waals surface area (Å²) in [4.78, 5) is 0. The second kappa shape index (κ2) is 5.73. The van der Waals surface area contributed by atoms with E-state index < -0.39 is 11.0 Å². The molecule has 0 aromatic heterocycles. The minimum atomic E-state index is -1.12. The molecule has 3 rings (SSSR count). The summed E-state index contributed by atoms with van der Waals surface area (Å²) >= 11 is 0. The Morgan fingerprint density at radius 3 is 1.78 bits per heavy atom. The van der Waals surface area contributed by atoms with E-state index in [1.54, 1.807) is 0 Å². The van der Waals surface area contributed by atoms with Crippen LogP contribution >= 0.6 is 0 Å². The fourth-order valence-electron chi connectivity index (χ4n) is 3.23. The Bertz CT molecular complexity index is 679. The second-order valence-electron chi connectivity index (χ2n) is 6.87. The maximum absolute atomic E-state index is 13.1. The van der Waals surface area contributed by atoms with E-state index in [1.807, 2.05) is 63.2 Å². The molecule has 2 aromatic rings. The van der Waals surface area contributed by atoms with Crippen LogP contribution in [0.1, 0.15) is 31.9 Å². The lowest BCUT2D eigenvalue weighted by atomic mass is 9.87. The lowest BCUT2D eigenvalue weighted by Gasteiger charge is -2.23. The molecule has 0 amide bonds. The van der Waals surface area contributed by atoms with Gasteiger partial charge in [-0.05, 0) is 31.9 Å². The molecule has 23 heavy (non-hydrogen) atoms. The van der Waals surface area contributed by atoms with Gasteiger partial charge in [0.1, 0.15) is 16.5 Å². The number of hydrogen-bond donors (Lipinski definition) is 0. The fraction of sp³-hybridized carbons (Fsp3) is 0.300. The van der Waals surface area contributed by atoms with E-state index in [0.717, 1.165) is 11.1 Å². The predicted molar refractivity (Wildman–Crippen MR) is 97.4 cm³/mol. The first-order valence-electron chi connectivity index (χ1n) is 7.89. The molecule has 1 fully saturated rings. The molecule has 1 aliphatic rings. The Kier molecular flexibility index (Phi) is 4.03. The molecule has 3 atom stereocenters. The van der Waals surface area contributed by atoms with Crippen molar-refractivity contribution in [2.45, 2.75) is 37.1 Å². The third-order valence-electron chi connectivity index (χ3n) is 4.31. The van der Waals surface area contributed by atoms with Crippen LogP contribution in [0.25, 0.3) is 0 Å². The first kappa shape index (κ1) is 16.2. The standard InChI is InChI=1S/C20H23NOS/c1-5-18-20(16-12-8-6-9-13-16,17-14-10-7-11-15-17)21(18)23(22)19(2,3)4/h5-15,18H,1H2,2-4H3/t18-,21?,23?/m0/s1. The Balaban J connectivity index is 2.19. The van der Waals surface area contributed by atoms with E-state index in [-0.39, 0.29) is 16.3 Å². The van der Waals surface area contributed by atoms with E-state index in [9.17, 15) is 4.21 Å². The van der Waals surface area contributed by atoms with Crippen LogP contribution in [-0.4, -0.2) is 19.3 Å². The van der Waals surface area contributed by atoms with Gasteiger partial charge in [-0.15, -0.1) is 6.58 Å². The van der Waals surface area contributed by atoms with Crippen molar-refractivity contribution in [3.8, 4) is 0 Å². The molecular weight excluding hydrogens is 302 g/mol. The molecule has 0 saturated carbocycles. The van der Waals surface area contributed by atoms with Crippen molar-refractivity contribution in [1.82, 2.24) is 4.31 Å². The molecule has 3 heteroatoms. The van der Waals surface area contributed by atoms with Crippen molar-refractivity contribution in [3.05, 3.63) is 84.4 Å². The van der Waals surface area contributed by atoms with Crippen LogP contribution in [0.3, 0.4) is 0 Å². The minimum Gasteiger partial charge on any atom is -0.242 e. The lowest BCUT2D eigenvalue weighted by Crippen LogP contribution is -2.31. The van der Waals surface area contributed by atoms with Crippen LogP contribution in [0.5, 0.6) is 0 Å². The summed E-state index contributed by atoms with van der Waals surface area (Å²) in [5.41, 5.74) is 1.94. The number of nitrogens with zero attached hydrogens (tertiary/aromatic N) is 1. The highest BCUT2D eigenvalue weighted by Crippen LogP contribution is 2.57. The fourth-order valence-corrected chi connectivity index (χ4v) is 4.80.